The predicted molar refractivity (Wildman–Crippen MR) is 98.2 cm³/mol. The molecule has 0 atom stereocenters. The lowest BCUT2D eigenvalue weighted by Gasteiger charge is -2.13. The standard InChI is InChI=1S/C18H15BrN2O2S/c1-11-9-12(4-5-13(11)19)20-17(22)18(6-7-18)16-10-14(23-21-16)15-3-2-8-24-15/h2-5,8-10H,6-7H2,1H3,(H,20,22). The van der Waals surface area contributed by atoms with E-state index in [9.17, 15) is 4.79 Å². The van der Waals surface area contributed by atoms with Crippen LogP contribution in [0.3, 0.4) is 0 Å². The summed E-state index contributed by atoms with van der Waals surface area (Å²) < 4.78 is 6.47. The van der Waals surface area contributed by atoms with Gasteiger partial charge in [0.05, 0.1) is 16.0 Å². The van der Waals surface area contributed by atoms with Crippen LogP contribution in [0.1, 0.15) is 24.1 Å². The van der Waals surface area contributed by atoms with Gasteiger partial charge in [-0.25, -0.2) is 0 Å². The van der Waals surface area contributed by atoms with E-state index in [4.69, 9.17) is 4.52 Å². The molecule has 6 heteroatoms. The smallest absolute Gasteiger partial charge is 0.236 e. The fraction of sp³-hybridized carbons (Fsp3) is 0.222. The number of halogens is 1. The number of amides is 1. The lowest BCUT2D eigenvalue weighted by atomic mass is 10.0. The quantitative estimate of drug-likeness (QED) is 0.656. The summed E-state index contributed by atoms with van der Waals surface area (Å²) >= 11 is 5.07. The second kappa shape index (κ2) is 5.86. The maximum absolute atomic E-state index is 12.8. The van der Waals surface area contributed by atoms with Gasteiger partial charge in [-0.3, -0.25) is 4.79 Å². The van der Waals surface area contributed by atoms with Crippen LogP contribution in [0.25, 0.3) is 10.6 Å². The lowest BCUT2D eigenvalue weighted by Crippen LogP contribution is -2.28. The number of aryl methyl sites for hydroxylation is 1. The van der Waals surface area contributed by atoms with Crippen LogP contribution in [-0.2, 0) is 10.2 Å². The highest BCUT2D eigenvalue weighted by molar-refractivity contribution is 9.10. The van der Waals surface area contributed by atoms with Gasteiger partial charge in [0.25, 0.3) is 0 Å². The number of anilines is 1. The number of carbonyl (C=O) groups excluding carboxylic acids is 1. The van der Waals surface area contributed by atoms with Crippen molar-refractivity contribution >= 4 is 38.9 Å². The van der Waals surface area contributed by atoms with Gasteiger partial charge in [-0.05, 0) is 55.0 Å². The fourth-order valence-corrected chi connectivity index (χ4v) is 3.65. The first-order chi connectivity index (χ1) is 11.6. The summed E-state index contributed by atoms with van der Waals surface area (Å²) in [6, 6.07) is 11.6. The number of rotatable bonds is 4. The van der Waals surface area contributed by atoms with Crippen molar-refractivity contribution in [2.75, 3.05) is 5.32 Å². The van der Waals surface area contributed by atoms with E-state index in [1.54, 1.807) is 11.3 Å². The van der Waals surface area contributed by atoms with Crippen molar-refractivity contribution in [1.82, 2.24) is 5.16 Å². The number of hydrogen-bond acceptors (Lipinski definition) is 4. The Labute approximate surface area is 152 Å². The van der Waals surface area contributed by atoms with Crippen molar-refractivity contribution in [3.8, 4) is 10.6 Å². The third-order valence-electron chi connectivity index (χ3n) is 4.36. The lowest BCUT2D eigenvalue weighted by molar-refractivity contribution is -0.118. The molecule has 1 aliphatic rings. The molecule has 122 valence electrons. The van der Waals surface area contributed by atoms with Crippen molar-refractivity contribution in [1.29, 1.82) is 0 Å². The molecule has 2 aromatic heterocycles. The zero-order chi connectivity index (χ0) is 16.7. The largest absolute Gasteiger partial charge is 0.355 e. The molecule has 1 saturated carbocycles. The molecule has 0 radical (unpaired) electrons. The van der Waals surface area contributed by atoms with E-state index in [1.807, 2.05) is 48.7 Å². The summed E-state index contributed by atoms with van der Waals surface area (Å²) in [6.45, 7) is 2.00. The predicted octanol–water partition coefficient (Wildman–Crippen LogP) is 5.14. The minimum absolute atomic E-state index is 0.0183. The molecule has 0 saturated heterocycles. The molecule has 0 aliphatic heterocycles. The molecular weight excluding hydrogens is 388 g/mol. The Morgan fingerprint density at radius 3 is 2.83 bits per heavy atom. The number of aromatic nitrogens is 1. The van der Waals surface area contributed by atoms with E-state index < -0.39 is 5.41 Å². The van der Waals surface area contributed by atoms with Crippen molar-refractivity contribution in [2.24, 2.45) is 0 Å². The molecule has 0 spiro atoms. The van der Waals surface area contributed by atoms with Crippen LogP contribution in [0, 0.1) is 6.92 Å². The van der Waals surface area contributed by atoms with E-state index in [0.717, 1.165) is 44.9 Å². The number of nitrogens with one attached hydrogen (secondary N) is 1. The van der Waals surface area contributed by atoms with E-state index in [2.05, 4.69) is 26.4 Å². The minimum atomic E-state index is -0.556. The number of hydrogen-bond donors (Lipinski definition) is 1. The van der Waals surface area contributed by atoms with Gasteiger partial charge < -0.3 is 9.84 Å². The Kier molecular flexibility index (Phi) is 3.81. The highest BCUT2D eigenvalue weighted by Crippen LogP contribution is 2.49. The van der Waals surface area contributed by atoms with Gasteiger partial charge >= 0.3 is 0 Å². The van der Waals surface area contributed by atoms with Crippen LogP contribution in [0.4, 0.5) is 5.69 Å². The van der Waals surface area contributed by atoms with Crippen molar-refractivity contribution in [3.05, 3.63) is 57.5 Å². The number of thiophene rings is 1. The zero-order valence-electron chi connectivity index (χ0n) is 13.0. The van der Waals surface area contributed by atoms with E-state index >= 15 is 0 Å². The minimum Gasteiger partial charge on any atom is -0.355 e. The summed E-state index contributed by atoms with van der Waals surface area (Å²) in [4.78, 5) is 13.8. The molecule has 4 rings (SSSR count). The third kappa shape index (κ3) is 2.70. The van der Waals surface area contributed by atoms with Gasteiger partial charge in [-0.2, -0.15) is 0 Å². The zero-order valence-corrected chi connectivity index (χ0v) is 15.4. The summed E-state index contributed by atoms with van der Waals surface area (Å²) in [5.74, 6) is 0.703. The highest BCUT2D eigenvalue weighted by atomic mass is 79.9. The Morgan fingerprint density at radius 2 is 2.17 bits per heavy atom. The maximum atomic E-state index is 12.8. The topological polar surface area (TPSA) is 55.1 Å². The second-order valence-electron chi connectivity index (χ2n) is 6.05. The first kappa shape index (κ1) is 15.6. The molecule has 1 aliphatic carbocycles. The second-order valence-corrected chi connectivity index (χ2v) is 7.86. The number of nitrogens with zero attached hydrogens (tertiary/aromatic N) is 1. The average molecular weight is 403 g/mol. The molecule has 1 amide bonds. The van der Waals surface area contributed by atoms with Crippen LogP contribution < -0.4 is 5.32 Å². The van der Waals surface area contributed by atoms with Crippen LogP contribution in [-0.4, -0.2) is 11.1 Å². The normalized spacial score (nSPS) is 15.2. The Morgan fingerprint density at radius 1 is 1.33 bits per heavy atom. The summed E-state index contributed by atoms with van der Waals surface area (Å²) in [5.41, 5.74) is 2.05. The first-order valence-electron chi connectivity index (χ1n) is 7.67. The molecule has 3 aromatic rings. The average Bonchev–Trinajstić information content (AvgIpc) is 3.00. The van der Waals surface area contributed by atoms with E-state index in [1.165, 1.54) is 0 Å². The third-order valence-corrected chi connectivity index (χ3v) is 6.14. The van der Waals surface area contributed by atoms with Gasteiger partial charge in [0, 0.05) is 16.2 Å². The van der Waals surface area contributed by atoms with Gasteiger partial charge in [0.15, 0.2) is 5.76 Å². The number of benzene rings is 1. The Bertz CT molecular complexity index is 898. The van der Waals surface area contributed by atoms with Crippen LogP contribution in [0.15, 0.2) is 50.8 Å². The molecule has 1 fully saturated rings. The van der Waals surface area contributed by atoms with E-state index in [-0.39, 0.29) is 5.91 Å². The van der Waals surface area contributed by atoms with Gasteiger partial charge in [0.2, 0.25) is 5.91 Å². The SMILES string of the molecule is Cc1cc(NC(=O)C2(c3cc(-c4cccs4)on3)CC2)ccc1Br. The molecule has 24 heavy (non-hydrogen) atoms. The molecule has 4 nitrogen and oxygen atoms in total. The molecular formula is C18H15BrN2O2S. The maximum Gasteiger partial charge on any atom is 0.236 e. The van der Waals surface area contributed by atoms with E-state index in [0.29, 0.717) is 0 Å². The van der Waals surface area contributed by atoms with Gasteiger partial charge in [-0.1, -0.05) is 27.2 Å². The highest BCUT2D eigenvalue weighted by Gasteiger charge is 2.53. The van der Waals surface area contributed by atoms with Crippen LogP contribution >= 0.6 is 27.3 Å². The van der Waals surface area contributed by atoms with Crippen molar-refractivity contribution in [2.45, 2.75) is 25.2 Å². The molecule has 0 unspecified atom stereocenters. The molecule has 2 heterocycles. The Balaban J connectivity index is 1.56. The molecule has 1 aromatic carbocycles. The first-order valence-corrected chi connectivity index (χ1v) is 9.34. The van der Waals surface area contributed by atoms with Crippen LogP contribution in [0.2, 0.25) is 0 Å². The van der Waals surface area contributed by atoms with Crippen LogP contribution in [0.5, 0.6) is 0 Å². The van der Waals surface area contributed by atoms with Gasteiger partial charge in [0.1, 0.15) is 0 Å². The number of carbonyl (C=O) groups is 1. The Hall–Kier alpha value is -1.92. The van der Waals surface area contributed by atoms with Crippen molar-refractivity contribution in [3.63, 3.8) is 0 Å². The van der Waals surface area contributed by atoms with Crippen molar-refractivity contribution < 1.29 is 9.32 Å². The summed E-state index contributed by atoms with van der Waals surface area (Å²) in [5, 5.41) is 9.17. The summed E-state index contributed by atoms with van der Waals surface area (Å²) in [6.07, 6.45) is 1.59. The fourth-order valence-electron chi connectivity index (χ4n) is 2.73. The molecule has 1 N–H and O–H groups in total. The molecule has 0 bridgehead atoms. The van der Waals surface area contributed by atoms with Gasteiger partial charge in [-0.15, -0.1) is 11.3 Å². The monoisotopic (exact) mass is 402 g/mol. The summed E-state index contributed by atoms with van der Waals surface area (Å²) in [7, 11) is 0.